The van der Waals surface area contributed by atoms with Gasteiger partial charge in [0.15, 0.2) is 5.82 Å². The van der Waals surface area contributed by atoms with E-state index in [1.54, 1.807) is 13.0 Å². The van der Waals surface area contributed by atoms with Crippen LogP contribution in [0, 0.1) is 6.92 Å². The number of amides is 1. The van der Waals surface area contributed by atoms with Crippen molar-refractivity contribution >= 4 is 23.3 Å². The standard InChI is InChI=1S/C18H23ClN4O3/c1-14-11-17(21-26-14)20-18(24)13-23-7-5-22(6-8-23)9-10-25-16-4-2-3-15(19)12-16/h2-4,11-12H,5-10,13H2,1H3,(H,20,21,24). The van der Waals surface area contributed by atoms with E-state index in [9.17, 15) is 4.79 Å². The van der Waals surface area contributed by atoms with Crippen molar-refractivity contribution in [3.63, 3.8) is 0 Å². The SMILES string of the molecule is Cc1cc(NC(=O)CN2CCN(CCOc3cccc(Cl)c3)CC2)no1. The number of aromatic nitrogens is 1. The molecule has 2 heterocycles. The first-order chi connectivity index (χ1) is 12.6. The fraction of sp³-hybridized carbons (Fsp3) is 0.444. The fourth-order valence-electron chi connectivity index (χ4n) is 2.83. The molecule has 0 unspecified atom stereocenters. The van der Waals surface area contributed by atoms with Gasteiger partial charge in [-0.15, -0.1) is 0 Å². The van der Waals surface area contributed by atoms with Crippen LogP contribution in [0.25, 0.3) is 0 Å². The van der Waals surface area contributed by atoms with Crippen molar-refractivity contribution in [3.05, 3.63) is 41.1 Å². The predicted octanol–water partition coefficient (Wildman–Crippen LogP) is 2.27. The number of anilines is 1. The Kier molecular flexibility index (Phi) is 6.49. The number of hydrogen-bond acceptors (Lipinski definition) is 6. The smallest absolute Gasteiger partial charge is 0.239 e. The van der Waals surface area contributed by atoms with Gasteiger partial charge in [0.05, 0.1) is 6.54 Å². The second-order valence-electron chi connectivity index (χ2n) is 6.29. The van der Waals surface area contributed by atoms with Crippen molar-refractivity contribution in [2.45, 2.75) is 6.92 Å². The summed E-state index contributed by atoms with van der Waals surface area (Å²) in [6.07, 6.45) is 0. The van der Waals surface area contributed by atoms with Crippen molar-refractivity contribution in [2.75, 3.05) is 51.2 Å². The molecule has 1 aromatic carbocycles. The van der Waals surface area contributed by atoms with Gasteiger partial charge in [-0.05, 0) is 25.1 Å². The third-order valence-electron chi connectivity index (χ3n) is 4.20. The lowest BCUT2D eigenvalue weighted by Gasteiger charge is -2.34. The van der Waals surface area contributed by atoms with E-state index >= 15 is 0 Å². The molecule has 2 aromatic rings. The molecule has 0 bridgehead atoms. The van der Waals surface area contributed by atoms with E-state index in [0.717, 1.165) is 38.5 Å². The minimum atomic E-state index is -0.0731. The van der Waals surface area contributed by atoms with E-state index in [4.69, 9.17) is 20.9 Å². The van der Waals surface area contributed by atoms with Gasteiger partial charge < -0.3 is 14.6 Å². The largest absolute Gasteiger partial charge is 0.492 e. The number of piperazine rings is 1. The molecule has 26 heavy (non-hydrogen) atoms. The summed E-state index contributed by atoms with van der Waals surface area (Å²) in [6, 6.07) is 9.12. The molecule has 140 valence electrons. The predicted molar refractivity (Wildman–Crippen MR) is 99.7 cm³/mol. The molecule has 0 spiro atoms. The third kappa shape index (κ3) is 5.72. The highest BCUT2D eigenvalue weighted by molar-refractivity contribution is 6.30. The van der Waals surface area contributed by atoms with Gasteiger partial charge in [0, 0.05) is 43.8 Å². The quantitative estimate of drug-likeness (QED) is 0.797. The van der Waals surface area contributed by atoms with Crippen molar-refractivity contribution in [2.24, 2.45) is 0 Å². The Labute approximate surface area is 157 Å². The first-order valence-electron chi connectivity index (χ1n) is 8.65. The van der Waals surface area contributed by atoms with Gasteiger partial charge in [0.2, 0.25) is 5.91 Å². The lowest BCUT2D eigenvalue weighted by atomic mass is 10.3. The minimum Gasteiger partial charge on any atom is -0.492 e. The number of carbonyl (C=O) groups is 1. The molecule has 1 N–H and O–H groups in total. The van der Waals surface area contributed by atoms with Crippen LogP contribution in [0.5, 0.6) is 5.75 Å². The summed E-state index contributed by atoms with van der Waals surface area (Å²) in [5, 5.41) is 7.19. The molecular weight excluding hydrogens is 356 g/mol. The molecule has 1 aliphatic heterocycles. The Bertz CT molecular complexity index is 729. The summed E-state index contributed by atoms with van der Waals surface area (Å²) in [4.78, 5) is 16.5. The van der Waals surface area contributed by atoms with E-state index in [1.165, 1.54) is 0 Å². The van der Waals surface area contributed by atoms with Gasteiger partial charge in [0.1, 0.15) is 18.1 Å². The molecule has 3 rings (SSSR count). The maximum Gasteiger partial charge on any atom is 0.239 e. The summed E-state index contributed by atoms with van der Waals surface area (Å²) >= 11 is 5.94. The molecular formula is C18H23ClN4O3. The Hall–Kier alpha value is -2.09. The maximum absolute atomic E-state index is 12.0. The third-order valence-corrected chi connectivity index (χ3v) is 4.44. The normalized spacial score (nSPS) is 15.8. The van der Waals surface area contributed by atoms with Gasteiger partial charge in [-0.2, -0.15) is 0 Å². The average Bonchev–Trinajstić information content (AvgIpc) is 3.01. The monoisotopic (exact) mass is 378 g/mol. The summed E-state index contributed by atoms with van der Waals surface area (Å²) < 4.78 is 10.7. The molecule has 8 heteroatoms. The van der Waals surface area contributed by atoms with Gasteiger partial charge in [-0.25, -0.2) is 0 Å². The molecule has 0 atom stereocenters. The van der Waals surface area contributed by atoms with E-state index in [2.05, 4.69) is 20.3 Å². The average molecular weight is 379 g/mol. The van der Waals surface area contributed by atoms with Crippen molar-refractivity contribution in [3.8, 4) is 5.75 Å². The van der Waals surface area contributed by atoms with E-state index in [-0.39, 0.29) is 5.91 Å². The van der Waals surface area contributed by atoms with E-state index < -0.39 is 0 Å². The highest BCUT2D eigenvalue weighted by Gasteiger charge is 2.19. The number of ether oxygens (including phenoxy) is 1. The number of hydrogen-bond donors (Lipinski definition) is 1. The minimum absolute atomic E-state index is 0.0731. The van der Waals surface area contributed by atoms with Crippen LogP contribution in [0.1, 0.15) is 5.76 Å². The number of nitrogens with one attached hydrogen (secondary N) is 1. The number of benzene rings is 1. The fourth-order valence-corrected chi connectivity index (χ4v) is 3.01. The lowest BCUT2D eigenvalue weighted by molar-refractivity contribution is -0.117. The zero-order valence-electron chi connectivity index (χ0n) is 14.8. The Morgan fingerprint density at radius 3 is 2.73 bits per heavy atom. The number of aryl methyl sites for hydroxylation is 1. The van der Waals surface area contributed by atoms with Crippen LogP contribution in [-0.4, -0.2) is 66.7 Å². The number of nitrogens with zero attached hydrogens (tertiary/aromatic N) is 3. The molecule has 1 aromatic heterocycles. The molecule has 0 saturated carbocycles. The highest BCUT2D eigenvalue weighted by Crippen LogP contribution is 2.17. The molecule has 1 amide bonds. The second kappa shape index (κ2) is 9.02. The van der Waals surface area contributed by atoms with Crippen molar-refractivity contribution in [1.29, 1.82) is 0 Å². The molecule has 0 radical (unpaired) electrons. The number of halogens is 1. The van der Waals surface area contributed by atoms with Gasteiger partial charge in [-0.3, -0.25) is 14.6 Å². The Morgan fingerprint density at radius 2 is 2.04 bits per heavy atom. The molecule has 1 saturated heterocycles. The summed E-state index contributed by atoms with van der Waals surface area (Å²) in [7, 11) is 0. The van der Waals surface area contributed by atoms with Crippen molar-refractivity contribution < 1.29 is 14.1 Å². The maximum atomic E-state index is 12.0. The highest BCUT2D eigenvalue weighted by atomic mass is 35.5. The molecule has 7 nitrogen and oxygen atoms in total. The molecule has 0 aliphatic carbocycles. The van der Waals surface area contributed by atoms with Crippen LogP contribution >= 0.6 is 11.6 Å². The van der Waals surface area contributed by atoms with Crippen LogP contribution in [-0.2, 0) is 4.79 Å². The summed E-state index contributed by atoms with van der Waals surface area (Å²) in [6.45, 7) is 7.14. The van der Waals surface area contributed by atoms with Crippen molar-refractivity contribution in [1.82, 2.24) is 15.0 Å². The van der Waals surface area contributed by atoms with Gasteiger partial charge >= 0.3 is 0 Å². The zero-order chi connectivity index (χ0) is 18.4. The van der Waals surface area contributed by atoms with Crippen LogP contribution in [0.3, 0.4) is 0 Å². The summed E-state index contributed by atoms with van der Waals surface area (Å²) in [5.74, 6) is 1.85. The van der Waals surface area contributed by atoms with Crippen LogP contribution in [0.15, 0.2) is 34.9 Å². The zero-order valence-corrected chi connectivity index (χ0v) is 15.5. The van der Waals surface area contributed by atoms with E-state index in [0.29, 0.717) is 29.8 Å². The topological polar surface area (TPSA) is 70.8 Å². The molecule has 1 fully saturated rings. The Balaban J connectivity index is 1.33. The lowest BCUT2D eigenvalue weighted by Crippen LogP contribution is -2.49. The van der Waals surface area contributed by atoms with Gasteiger partial charge in [-0.1, -0.05) is 22.8 Å². The van der Waals surface area contributed by atoms with Crippen LogP contribution < -0.4 is 10.1 Å². The number of rotatable bonds is 7. The van der Waals surface area contributed by atoms with Crippen LogP contribution in [0.2, 0.25) is 5.02 Å². The Morgan fingerprint density at radius 1 is 1.27 bits per heavy atom. The summed E-state index contributed by atoms with van der Waals surface area (Å²) in [5.41, 5.74) is 0. The van der Waals surface area contributed by atoms with E-state index in [1.807, 2.05) is 24.3 Å². The van der Waals surface area contributed by atoms with Crippen LogP contribution in [0.4, 0.5) is 5.82 Å². The first kappa shape index (κ1) is 18.7. The first-order valence-corrected chi connectivity index (χ1v) is 9.02. The number of carbonyl (C=O) groups excluding carboxylic acids is 1. The second-order valence-corrected chi connectivity index (χ2v) is 6.73. The van der Waals surface area contributed by atoms with Gasteiger partial charge in [0.25, 0.3) is 0 Å². The molecule has 1 aliphatic rings.